The molecule has 0 saturated carbocycles. The summed E-state index contributed by atoms with van der Waals surface area (Å²) in [5, 5.41) is 12.5. The Morgan fingerprint density at radius 3 is 2.65 bits per heavy atom. The van der Waals surface area contributed by atoms with Crippen molar-refractivity contribution in [1.82, 2.24) is 10.3 Å². The van der Waals surface area contributed by atoms with Gasteiger partial charge < -0.3 is 10.4 Å². The predicted octanol–water partition coefficient (Wildman–Crippen LogP) is 2.93. The maximum absolute atomic E-state index is 12.5. The van der Waals surface area contributed by atoms with Crippen molar-refractivity contribution in [3.63, 3.8) is 0 Å². The van der Waals surface area contributed by atoms with Crippen LogP contribution < -0.4 is 5.32 Å². The molecular weight excluding hydrogens is 288 g/mol. The highest BCUT2D eigenvalue weighted by molar-refractivity contribution is 6.07. The molecule has 3 rings (SSSR count). The first-order chi connectivity index (χ1) is 11.2. The summed E-state index contributed by atoms with van der Waals surface area (Å²) in [6, 6.07) is 17.4. The molecule has 0 saturated heterocycles. The molecule has 0 radical (unpaired) electrons. The molecule has 2 aromatic carbocycles. The van der Waals surface area contributed by atoms with Gasteiger partial charge in [0, 0.05) is 17.5 Å². The second kappa shape index (κ2) is 6.58. The van der Waals surface area contributed by atoms with Crippen LogP contribution in [0.2, 0.25) is 0 Å². The molecule has 0 bridgehead atoms. The molecule has 4 nitrogen and oxygen atoms in total. The third-order valence-corrected chi connectivity index (χ3v) is 3.75. The van der Waals surface area contributed by atoms with Crippen LogP contribution >= 0.6 is 0 Å². The molecule has 0 aliphatic rings. The van der Waals surface area contributed by atoms with Crippen LogP contribution in [0, 0.1) is 6.92 Å². The van der Waals surface area contributed by atoms with Crippen molar-refractivity contribution in [2.75, 3.05) is 13.2 Å². The number of benzene rings is 2. The quantitative estimate of drug-likeness (QED) is 0.779. The molecule has 1 heterocycles. The normalized spacial score (nSPS) is 10.7. The van der Waals surface area contributed by atoms with Gasteiger partial charge in [-0.05, 0) is 18.6 Å². The summed E-state index contributed by atoms with van der Waals surface area (Å²) in [5.74, 6) is -0.200. The summed E-state index contributed by atoms with van der Waals surface area (Å²) in [6.07, 6.45) is 0. The molecule has 0 unspecified atom stereocenters. The number of aryl methyl sites for hydroxylation is 1. The van der Waals surface area contributed by atoms with E-state index in [1.165, 1.54) is 0 Å². The van der Waals surface area contributed by atoms with Gasteiger partial charge in [0.1, 0.15) is 0 Å². The van der Waals surface area contributed by atoms with Crippen LogP contribution in [0.5, 0.6) is 0 Å². The molecule has 4 heteroatoms. The molecule has 116 valence electrons. The monoisotopic (exact) mass is 306 g/mol. The molecule has 0 aliphatic carbocycles. The summed E-state index contributed by atoms with van der Waals surface area (Å²) in [7, 11) is 0. The van der Waals surface area contributed by atoms with Crippen molar-refractivity contribution in [1.29, 1.82) is 0 Å². The summed E-state index contributed by atoms with van der Waals surface area (Å²) in [6.45, 7) is 2.13. The first-order valence-corrected chi connectivity index (χ1v) is 7.55. The smallest absolute Gasteiger partial charge is 0.252 e. The van der Waals surface area contributed by atoms with Crippen molar-refractivity contribution < 1.29 is 9.90 Å². The van der Waals surface area contributed by atoms with Gasteiger partial charge in [0.2, 0.25) is 0 Å². The molecule has 1 aromatic heterocycles. The first-order valence-electron chi connectivity index (χ1n) is 7.55. The number of aliphatic hydroxyl groups is 1. The van der Waals surface area contributed by atoms with Crippen molar-refractivity contribution >= 4 is 16.8 Å². The van der Waals surface area contributed by atoms with Crippen LogP contribution in [-0.2, 0) is 0 Å². The lowest BCUT2D eigenvalue weighted by atomic mass is 10.0. The number of pyridine rings is 1. The Kier molecular flexibility index (Phi) is 4.35. The highest BCUT2D eigenvalue weighted by atomic mass is 16.3. The fourth-order valence-corrected chi connectivity index (χ4v) is 2.60. The predicted molar refractivity (Wildman–Crippen MR) is 91.3 cm³/mol. The molecule has 2 N–H and O–H groups in total. The van der Waals surface area contributed by atoms with Crippen LogP contribution in [0.1, 0.15) is 15.9 Å². The van der Waals surface area contributed by atoms with E-state index in [9.17, 15) is 4.79 Å². The fraction of sp³-hybridized carbons (Fsp3) is 0.158. The molecule has 0 atom stereocenters. The fourth-order valence-electron chi connectivity index (χ4n) is 2.60. The Bertz CT molecular complexity index is 845. The van der Waals surface area contributed by atoms with Gasteiger partial charge in [0.25, 0.3) is 5.91 Å². The molecule has 1 amide bonds. The zero-order chi connectivity index (χ0) is 16.2. The summed E-state index contributed by atoms with van der Waals surface area (Å²) < 4.78 is 0. The zero-order valence-corrected chi connectivity index (χ0v) is 12.9. The van der Waals surface area contributed by atoms with Crippen LogP contribution in [0.25, 0.3) is 22.2 Å². The van der Waals surface area contributed by atoms with E-state index in [2.05, 4.69) is 5.32 Å². The van der Waals surface area contributed by atoms with E-state index in [4.69, 9.17) is 10.1 Å². The van der Waals surface area contributed by atoms with Crippen LogP contribution in [0.4, 0.5) is 0 Å². The van der Waals surface area contributed by atoms with E-state index in [1.807, 2.05) is 61.5 Å². The Morgan fingerprint density at radius 2 is 1.91 bits per heavy atom. The van der Waals surface area contributed by atoms with E-state index in [0.717, 1.165) is 27.7 Å². The SMILES string of the molecule is Cc1cccc2c(C(=O)NCCO)cc(-c3ccccc3)nc12. The number of para-hydroxylation sites is 1. The number of amides is 1. The Hall–Kier alpha value is -2.72. The van der Waals surface area contributed by atoms with Gasteiger partial charge in [-0.15, -0.1) is 0 Å². The molecule has 3 aromatic rings. The Labute approximate surface area is 134 Å². The van der Waals surface area contributed by atoms with E-state index in [0.29, 0.717) is 5.56 Å². The molecule has 23 heavy (non-hydrogen) atoms. The molecule has 0 spiro atoms. The highest BCUT2D eigenvalue weighted by Gasteiger charge is 2.14. The number of fused-ring (bicyclic) bond motifs is 1. The average molecular weight is 306 g/mol. The third-order valence-electron chi connectivity index (χ3n) is 3.75. The van der Waals surface area contributed by atoms with E-state index in [1.54, 1.807) is 0 Å². The summed E-state index contributed by atoms with van der Waals surface area (Å²) >= 11 is 0. The van der Waals surface area contributed by atoms with Crippen LogP contribution in [0.15, 0.2) is 54.6 Å². The van der Waals surface area contributed by atoms with Crippen molar-refractivity contribution in [2.24, 2.45) is 0 Å². The van der Waals surface area contributed by atoms with Crippen molar-refractivity contribution in [3.05, 3.63) is 65.7 Å². The number of rotatable bonds is 4. The second-order valence-electron chi connectivity index (χ2n) is 5.37. The standard InChI is InChI=1S/C19H18N2O2/c1-13-6-5-9-15-16(19(23)20-10-11-22)12-17(21-18(13)15)14-7-3-2-4-8-14/h2-9,12,22H,10-11H2,1H3,(H,20,23). The topological polar surface area (TPSA) is 62.2 Å². The maximum atomic E-state index is 12.5. The number of carbonyl (C=O) groups excluding carboxylic acids is 1. The lowest BCUT2D eigenvalue weighted by molar-refractivity contribution is 0.0946. The number of aliphatic hydroxyl groups excluding tert-OH is 1. The summed E-state index contributed by atoms with van der Waals surface area (Å²) in [5.41, 5.74) is 4.15. The lowest BCUT2D eigenvalue weighted by Crippen LogP contribution is -2.26. The van der Waals surface area contributed by atoms with E-state index < -0.39 is 0 Å². The molecule has 0 fully saturated rings. The number of nitrogens with zero attached hydrogens (tertiary/aromatic N) is 1. The largest absolute Gasteiger partial charge is 0.395 e. The number of nitrogens with one attached hydrogen (secondary N) is 1. The van der Waals surface area contributed by atoms with Gasteiger partial charge in [-0.1, -0.05) is 48.5 Å². The lowest BCUT2D eigenvalue weighted by Gasteiger charge is -2.11. The minimum absolute atomic E-state index is 0.0840. The van der Waals surface area contributed by atoms with E-state index >= 15 is 0 Å². The number of carbonyl (C=O) groups is 1. The average Bonchev–Trinajstić information content (AvgIpc) is 2.60. The van der Waals surface area contributed by atoms with Gasteiger partial charge in [-0.25, -0.2) is 4.98 Å². The van der Waals surface area contributed by atoms with Crippen molar-refractivity contribution in [3.8, 4) is 11.3 Å². The Morgan fingerprint density at radius 1 is 1.13 bits per heavy atom. The number of hydrogen-bond acceptors (Lipinski definition) is 3. The summed E-state index contributed by atoms with van der Waals surface area (Å²) in [4.78, 5) is 17.2. The Balaban J connectivity index is 2.20. The highest BCUT2D eigenvalue weighted by Crippen LogP contribution is 2.26. The van der Waals surface area contributed by atoms with E-state index in [-0.39, 0.29) is 19.1 Å². The van der Waals surface area contributed by atoms with Gasteiger partial charge >= 0.3 is 0 Å². The van der Waals surface area contributed by atoms with Gasteiger partial charge in [-0.3, -0.25) is 4.79 Å². The van der Waals surface area contributed by atoms with Crippen molar-refractivity contribution in [2.45, 2.75) is 6.92 Å². The zero-order valence-electron chi connectivity index (χ0n) is 12.9. The van der Waals surface area contributed by atoms with Crippen LogP contribution in [-0.4, -0.2) is 29.1 Å². The molecule has 0 aliphatic heterocycles. The second-order valence-corrected chi connectivity index (χ2v) is 5.37. The minimum Gasteiger partial charge on any atom is -0.395 e. The van der Waals surface area contributed by atoms with Gasteiger partial charge in [-0.2, -0.15) is 0 Å². The van der Waals surface area contributed by atoms with Crippen LogP contribution in [0.3, 0.4) is 0 Å². The minimum atomic E-state index is -0.200. The van der Waals surface area contributed by atoms with Gasteiger partial charge in [0.15, 0.2) is 0 Å². The maximum Gasteiger partial charge on any atom is 0.252 e. The number of hydrogen-bond donors (Lipinski definition) is 2. The number of aromatic nitrogens is 1. The third kappa shape index (κ3) is 3.07. The van der Waals surface area contributed by atoms with Gasteiger partial charge in [0.05, 0.1) is 23.4 Å². The molecular formula is C19H18N2O2. The first kappa shape index (κ1) is 15.2.